The van der Waals surface area contributed by atoms with Gasteiger partial charge in [0.05, 0.1) is 0 Å². The summed E-state index contributed by atoms with van der Waals surface area (Å²) in [6, 6.07) is 9.59. The van der Waals surface area contributed by atoms with Crippen molar-refractivity contribution in [2.24, 2.45) is 17.7 Å². The van der Waals surface area contributed by atoms with Gasteiger partial charge in [-0.15, -0.1) is 0 Å². The average molecular weight is 261 g/mol. The van der Waals surface area contributed by atoms with Crippen LogP contribution in [0.4, 0.5) is 0 Å². The Morgan fingerprint density at radius 3 is 2.58 bits per heavy atom. The second-order valence-corrected chi connectivity index (χ2v) is 5.61. The van der Waals surface area contributed by atoms with E-state index in [4.69, 9.17) is 5.84 Å². The zero-order valence-corrected chi connectivity index (χ0v) is 11.7. The van der Waals surface area contributed by atoms with Gasteiger partial charge in [-0.2, -0.15) is 0 Å². The molecule has 1 aliphatic rings. The van der Waals surface area contributed by atoms with Crippen LogP contribution < -0.4 is 11.3 Å². The zero-order valence-electron chi connectivity index (χ0n) is 11.7. The van der Waals surface area contributed by atoms with Gasteiger partial charge >= 0.3 is 0 Å². The summed E-state index contributed by atoms with van der Waals surface area (Å²) in [5.41, 5.74) is 3.31. The normalized spacial score (nSPS) is 21.6. The zero-order chi connectivity index (χ0) is 13.8. The molecular weight excluding hydrogens is 238 g/mol. The third kappa shape index (κ3) is 3.14. The molecule has 104 valence electrons. The molecule has 1 heterocycles. The van der Waals surface area contributed by atoms with Crippen molar-refractivity contribution in [3.63, 3.8) is 0 Å². The van der Waals surface area contributed by atoms with Crippen LogP contribution in [0.25, 0.3) is 0 Å². The van der Waals surface area contributed by atoms with Gasteiger partial charge in [0.25, 0.3) is 5.91 Å². The number of likely N-dealkylation sites (tertiary alicyclic amines) is 1. The number of hydrazine groups is 1. The highest BCUT2D eigenvalue weighted by atomic mass is 16.2. The van der Waals surface area contributed by atoms with E-state index in [-0.39, 0.29) is 11.9 Å². The van der Waals surface area contributed by atoms with Crippen LogP contribution >= 0.6 is 0 Å². The van der Waals surface area contributed by atoms with Gasteiger partial charge in [0.15, 0.2) is 0 Å². The van der Waals surface area contributed by atoms with Gasteiger partial charge in [-0.25, -0.2) is 5.84 Å². The molecule has 0 spiro atoms. The average Bonchev–Trinajstić information content (AvgIpc) is 2.89. The molecular formula is C15H23N3O. The molecule has 19 heavy (non-hydrogen) atoms. The highest BCUT2D eigenvalue weighted by Gasteiger charge is 2.34. The van der Waals surface area contributed by atoms with Crippen molar-refractivity contribution in [2.75, 3.05) is 13.1 Å². The maximum Gasteiger partial charge on any atom is 0.255 e. The van der Waals surface area contributed by atoms with E-state index in [1.165, 1.54) is 0 Å². The fourth-order valence-electron chi connectivity index (χ4n) is 2.84. The minimum Gasteiger partial charge on any atom is -0.293 e. The van der Waals surface area contributed by atoms with Crippen LogP contribution in [0.15, 0.2) is 30.3 Å². The molecule has 0 radical (unpaired) electrons. The molecule has 4 nitrogen and oxygen atoms in total. The molecule has 1 aromatic carbocycles. The molecule has 1 amide bonds. The Balaban J connectivity index is 2.18. The SMILES string of the molecule is CC(C)C1CCN(C(C(=O)NN)c2ccccc2)C1. The third-order valence-corrected chi connectivity index (χ3v) is 4.07. The monoisotopic (exact) mass is 261 g/mol. The first kappa shape index (κ1) is 14.0. The fraction of sp³-hybridized carbons (Fsp3) is 0.533. The summed E-state index contributed by atoms with van der Waals surface area (Å²) in [7, 11) is 0. The van der Waals surface area contributed by atoms with Gasteiger partial charge in [0, 0.05) is 6.54 Å². The molecule has 3 N–H and O–H groups in total. The second-order valence-electron chi connectivity index (χ2n) is 5.61. The summed E-state index contributed by atoms with van der Waals surface area (Å²) in [4.78, 5) is 14.3. The minimum absolute atomic E-state index is 0.129. The first-order chi connectivity index (χ1) is 9.13. The van der Waals surface area contributed by atoms with Crippen LogP contribution in [0, 0.1) is 11.8 Å². The maximum absolute atomic E-state index is 12.1. The van der Waals surface area contributed by atoms with Gasteiger partial charge in [-0.3, -0.25) is 15.1 Å². The summed E-state index contributed by atoms with van der Waals surface area (Å²) < 4.78 is 0. The van der Waals surface area contributed by atoms with Gasteiger partial charge < -0.3 is 0 Å². The quantitative estimate of drug-likeness (QED) is 0.493. The van der Waals surface area contributed by atoms with Crippen molar-refractivity contribution in [3.05, 3.63) is 35.9 Å². The number of nitrogens with zero attached hydrogens (tertiary/aromatic N) is 1. The predicted octanol–water partition coefficient (Wildman–Crippen LogP) is 1.70. The van der Waals surface area contributed by atoms with Gasteiger partial charge in [0.1, 0.15) is 6.04 Å². The number of benzene rings is 1. The summed E-state index contributed by atoms with van der Waals surface area (Å²) in [5, 5.41) is 0. The number of carbonyl (C=O) groups is 1. The van der Waals surface area contributed by atoms with E-state index in [1.54, 1.807) is 0 Å². The van der Waals surface area contributed by atoms with E-state index in [9.17, 15) is 4.79 Å². The molecule has 1 aromatic rings. The van der Waals surface area contributed by atoms with E-state index in [0.29, 0.717) is 11.8 Å². The minimum atomic E-state index is -0.269. The number of hydrogen-bond acceptors (Lipinski definition) is 3. The van der Waals surface area contributed by atoms with E-state index in [2.05, 4.69) is 24.2 Å². The second kappa shape index (κ2) is 6.17. The molecule has 2 atom stereocenters. The molecule has 4 heteroatoms. The van der Waals surface area contributed by atoms with Crippen molar-refractivity contribution in [1.82, 2.24) is 10.3 Å². The smallest absolute Gasteiger partial charge is 0.255 e. The summed E-state index contributed by atoms with van der Waals surface area (Å²) in [5.74, 6) is 6.54. The predicted molar refractivity (Wildman–Crippen MR) is 76.0 cm³/mol. The van der Waals surface area contributed by atoms with Crippen molar-refractivity contribution in [1.29, 1.82) is 0 Å². The molecule has 2 rings (SSSR count). The van der Waals surface area contributed by atoms with Gasteiger partial charge in [-0.05, 0) is 30.4 Å². The Hall–Kier alpha value is -1.39. The summed E-state index contributed by atoms with van der Waals surface area (Å²) in [6.07, 6.45) is 1.15. The molecule has 0 aliphatic carbocycles. The highest BCUT2D eigenvalue weighted by molar-refractivity contribution is 5.82. The third-order valence-electron chi connectivity index (χ3n) is 4.07. The number of hydrogen-bond donors (Lipinski definition) is 2. The van der Waals surface area contributed by atoms with Crippen molar-refractivity contribution >= 4 is 5.91 Å². The van der Waals surface area contributed by atoms with Crippen LogP contribution in [-0.4, -0.2) is 23.9 Å². The lowest BCUT2D eigenvalue weighted by Crippen LogP contribution is -2.42. The maximum atomic E-state index is 12.1. The topological polar surface area (TPSA) is 58.4 Å². The number of carbonyl (C=O) groups excluding carboxylic acids is 1. The lowest BCUT2D eigenvalue weighted by molar-refractivity contribution is -0.126. The van der Waals surface area contributed by atoms with Crippen LogP contribution in [0.2, 0.25) is 0 Å². The lowest BCUT2D eigenvalue weighted by atomic mass is 9.95. The molecule has 0 bridgehead atoms. The number of nitrogens with two attached hydrogens (primary N) is 1. The molecule has 1 saturated heterocycles. The Bertz CT molecular complexity index is 419. The van der Waals surface area contributed by atoms with Crippen molar-refractivity contribution in [3.8, 4) is 0 Å². The van der Waals surface area contributed by atoms with E-state index < -0.39 is 0 Å². The van der Waals surface area contributed by atoms with E-state index >= 15 is 0 Å². The van der Waals surface area contributed by atoms with Gasteiger partial charge in [0.2, 0.25) is 0 Å². The fourth-order valence-corrected chi connectivity index (χ4v) is 2.84. The molecule has 0 aromatic heterocycles. The first-order valence-electron chi connectivity index (χ1n) is 6.93. The first-order valence-corrected chi connectivity index (χ1v) is 6.93. The van der Waals surface area contributed by atoms with Gasteiger partial charge in [-0.1, -0.05) is 44.2 Å². The molecule has 1 fully saturated rings. The van der Waals surface area contributed by atoms with Crippen LogP contribution in [-0.2, 0) is 4.79 Å². The van der Waals surface area contributed by atoms with E-state index in [1.807, 2.05) is 30.3 Å². The van der Waals surface area contributed by atoms with Crippen molar-refractivity contribution < 1.29 is 4.79 Å². The summed E-state index contributed by atoms with van der Waals surface area (Å²) >= 11 is 0. The molecule has 0 saturated carbocycles. The number of rotatable bonds is 4. The standard InChI is InChI=1S/C15H23N3O/c1-11(2)13-8-9-18(10-13)14(15(19)17-16)12-6-4-3-5-7-12/h3-7,11,13-14H,8-10,16H2,1-2H3,(H,17,19). The summed E-state index contributed by atoms with van der Waals surface area (Å²) in [6.45, 7) is 6.41. The number of nitrogens with one attached hydrogen (secondary N) is 1. The largest absolute Gasteiger partial charge is 0.293 e. The Morgan fingerprint density at radius 2 is 2.05 bits per heavy atom. The molecule has 1 aliphatic heterocycles. The Labute approximate surface area is 114 Å². The van der Waals surface area contributed by atoms with Crippen LogP contribution in [0.1, 0.15) is 31.9 Å². The lowest BCUT2D eigenvalue weighted by Gasteiger charge is -2.27. The Kier molecular flexibility index (Phi) is 4.56. The Morgan fingerprint density at radius 1 is 1.37 bits per heavy atom. The van der Waals surface area contributed by atoms with Crippen LogP contribution in [0.3, 0.4) is 0 Å². The van der Waals surface area contributed by atoms with Crippen molar-refractivity contribution in [2.45, 2.75) is 26.3 Å². The number of amides is 1. The molecule has 2 unspecified atom stereocenters. The van der Waals surface area contributed by atoms with Crippen LogP contribution in [0.5, 0.6) is 0 Å². The highest BCUT2D eigenvalue weighted by Crippen LogP contribution is 2.31. The van der Waals surface area contributed by atoms with E-state index in [0.717, 1.165) is 25.1 Å².